The van der Waals surface area contributed by atoms with Gasteiger partial charge in [0.1, 0.15) is 0 Å². The minimum atomic E-state index is -1.96. The van der Waals surface area contributed by atoms with Crippen LogP contribution in [0.4, 0.5) is 0 Å². The molecule has 1 aliphatic carbocycles. The summed E-state index contributed by atoms with van der Waals surface area (Å²) in [6.07, 6.45) is 0.503. The van der Waals surface area contributed by atoms with Gasteiger partial charge in [-0.1, -0.05) is 48.1 Å². The summed E-state index contributed by atoms with van der Waals surface area (Å²) in [5.41, 5.74) is 3.19. The lowest BCUT2D eigenvalue weighted by Crippen LogP contribution is -2.50. The molecular formula is C21H42O3Si2. The lowest BCUT2D eigenvalue weighted by atomic mass is 9.85. The zero-order valence-electron chi connectivity index (χ0n) is 19.0. The third-order valence-electron chi connectivity index (χ3n) is 6.79. The first-order valence-corrected chi connectivity index (χ1v) is 15.6. The van der Waals surface area contributed by atoms with Crippen molar-refractivity contribution >= 4 is 16.6 Å². The van der Waals surface area contributed by atoms with Crippen LogP contribution >= 0.6 is 0 Å². The Bertz CT molecular complexity index is 563. The number of hydrogen-bond acceptors (Lipinski definition) is 3. The van der Waals surface area contributed by atoms with Crippen LogP contribution in [0.25, 0.3) is 0 Å². The number of aliphatic hydroxyl groups is 1. The Hall–Kier alpha value is -0.206. The molecule has 1 aliphatic rings. The predicted molar refractivity (Wildman–Crippen MR) is 118 cm³/mol. The van der Waals surface area contributed by atoms with Crippen LogP contribution in [-0.4, -0.2) is 40.6 Å². The van der Waals surface area contributed by atoms with Gasteiger partial charge in [-0.15, -0.1) is 0 Å². The quantitative estimate of drug-likeness (QED) is 0.453. The molecule has 0 aromatic rings. The largest absolute Gasteiger partial charge is 0.410 e. The van der Waals surface area contributed by atoms with Crippen molar-refractivity contribution in [3.8, 4) is 0 Å². The van der Waals surface area contributed by atoms with Crippen LogP contribution in [0.15, 0.2) is 23.3 Å². The van der Waals surface area contributed by atoms with Gasteiger partial charge in [-0.25, -0.2) is 0 Å². The smallest absolute Gasteiger partial charge is 0.193 e. The molecule has 0 aliphatic heterocycles. The van der Waals surface area contributed by atoms with Crippen LogP contribution in [0, 0.1) is 0 Å². The van der Waals surface area contributed by atoms with E-state index in [2.05, 4.69) is 81.2 Å². The summed E-state index contributed by atoms with van der Waals surface area (Å²) >= 11 is 0. The molecule has 1 N–H and O–H groups in total. The van der Waals surface area contributed by atoms with E-state index >= 15 is 0 Å². The van der Waals surface area contributed by atoms with Crippen LogP contribution in [0.2, 0.25) is 36.3 Å². The molecule has 0 radical (unpaired) electrons. The second-order valence-electron chi connectivity index (χ2n) is 10.8. The third kappa shape index (κ3) is 4.99. The molecule has 1 rings (SSSR count). The van der Waals surface area contributed by atoms with Gasteiger partial charge in [0, 0.05) is 0 Å². The molecule has 26 heavy (non-hydrogen) atoms. The Morgan fingerprint density at radius 2 is 1.38 bits per heavy atom. The van der Waals surface area contributed by atoms with Gasteiger partial charge in [0.25, 0.3) is 0 Å². The van der Waals surface area contributed by atoms with E-state index in [1.165, 1.54) is 0 Å². The fraction of sp³-hybridized carbons (Fsp3) is 0.810. The van der Waals surface area contributed by atoms with Crippen molar-refractivity contribution in [3.63, 3.8) is 0 Å². The zero-order chi connectivity index (χ0) is 20.7. The summed E-state index contributed by atoms with van der Waals surface area (Å²) in [7, 11) is -3.90. The summed E-state index contributed by atoms with van der Waals surface area (Å²) in [6.45, 7) is 29.1. The minimum Gasteiger partial charge on any atom is -0.410 e. The molecule has 0 fully saturated rings. The zero-order valence-corrected chi connectivity index (χ0v) is 21.0. The molecule has 3 nitrogen and oxygen atoms in total. The maximum atomic E-state index is 9.92. The summed E-state index contributed by atoms with van der Waals surface area (Å²) < 4.78 is 13.4. The van der Waals surface area contributed by atoms with E-state index in [-0.39, 0.29) is 28.9 Å². The lowest BCUT2D eigenvalue weighted by molar-refractivity contribution is 0.150. The summed E-state index contributed by atoms with van der Waals surface area (Å²) in [6, 6.07) is 0. The topological polar surface area (TPSA) is 38.7 Å². The van der Waals surface area contributed by atoms with Gasteiger partial charge in [0.2, 0.25) is 0 Å². The second kappa shape index (κ2) is 7.66. The van der Waals surface area contributed by atoms with Crippen molar-refractivity contribution in [1.82, 2.24) is 0 Å². The van der Waals surface area contributed by atoms with E-state index in [1.807, 2.05) is 0 Å². The maximum absolute atomic E-state index is 9.92. The third-order valence-corrected chi connectivity index (χ3v) is 15.7. The Morgan fingerprint density at radius 1 is 0.962 bits per heavy atom. The molecule has 0 spiro atoms. The van der Waals surface area contributed by atoms with E-state index in [4.69, 9.17) is 8.85 Å². The summed E-state index contributed by atoms with van der Waals surface area (Å²) in [4.78, 5) is 0. The van der Waals surface area contributed by atoms with Gasteiger partial charge in [-0.05, 0) is 66.3 Å². The van der Waals surface area contributed by atoms with E-state index in [0.29, 0.717) is 0 Å². The fourth-order valence-corrected chi connectivity index (χ4v) is 5.19. The first-order valence-electron chi connectivity index (χ1n) is 9.78. The first kappa shape index (κ1) is 23.8. The van der Waals surface area contributed by atoms with Crippen molar-refractivity contribution in [1.29, 1.82) is 0 Å². The highest BCUT2D eigenvalue weighted by Crippen LogP contribution is 2.44. The standard InChI is InChI=1S/C21H42O3Si2/c1-15-17(14-22)13-18(23-25(9,10)20(3,4)5)16(2)19(15)24-26(11,12)21(6,7)8/h18-19,22H,2,13-14H2,1,3-12H3/t18-,19-/m1/s1. The number of aliphatic hydroxyl groups excluding tert-OH is 1. The van der Waals surface area contributed by atoms with Gasteiger partial charge in [-0.2, -0.15) is 0 Å². The number of rotatable bonds is 5. The highest BCUT2D eigenvalue weighted by Gasteiger charge is 2.45. The molecule has 0 bridgehead atoms. The van der Waals surface area contributed by atoms with Crippen LogP contribution in [-0.2, 0) is 8.85 Å². The fourth-order valence-electron chi connectivity index (χ4n) is 2.62. The van der Waals surface area contributed by atoms with Crippen LogP contribution in [0.5, 0.6) is 0 Å². The van der Waals surface area contributed by atoms with Crippen LogP contribution in [0.3, 0.4) is 0 Å². The van der Waals surface area contributed by atoms with Gasteiger partial charge in [0.05, 0.1) is 18.8 Å². The molecule has 0 amide bonds. The van der Waals surface area contributed by atoms with Gasteiger partial charge in [0.15, 0.2) is 16.6 Å². The molecular weight excluding hydrogens is 356 g/mol. The average molecular weight is 399 g/mol. The molecule has 0 aromatic carbocycles. The summed E-state index contributed by atoms with van der Waals surface area (Å²) in [5.74, 6) is 0. The Balaban J connectivity index is 3.21. The molecule has 0 heterocycles. The lowest BCUT2D eigenvalue weighted by Gasteiger charge is -2.46. The normalized spacial score (nSPS) is 23.6. The first-order chi connectivity index (χ1) is 11.4. The van der Waals surface area contributed by atoms with E-state index in [0.717, 1.165) is 23.1 Å². The van der Waals surface area contributed by atoms with Gasteiger partial charge < -0.3 is 14.0 Å². The maximum Gasteiger partial charge on any atom is 0.193 e. The van der Waals surface area contributed by atoms with Gasteiger partial charge >= 0.3 is 0 Å². The minimum absolute atomic E-state index is 0.0633. The number of hydrogen-bond donors (Lipinski definition) is 1. The van der Waals surface area contributed by atoms with E-state index in [1.54, 1.807) is 0 Å². The molecule has 0 unspecified atom stereocenters. The Kier molecular flexibility index (Phi) is 7.03. The SMILES string of the molecule is C=C1[C@H](O[Si](C)(C)C(C)(C)C)C(C)=C(CO)C[C@H]1O[Si](C)(C)C(C)(C)C. The molecule has 2 atom stereocenters. The van der Waals surface area contributed by atoms with E-state index in [9.17, 15) is 5.11 Å². The Labute approximate surface area is 164 Å². The Morgan fingerprint density at radius 3 is 1.77 bits per heavy atom. The van der Waals surface area contributed by atoms with Crippen LogP contribution < -0.4 is 0 Å². The van der Waals surface area contributed by atoms with Crippen LogP contribution in [0.1, 0.15) is 54.9 Å². The van der Waals surface area contributed by atoms with Crippen molar-refractivity contribution in [2.75, 3.05) is 6.61 Å². The van der Waals surface area contributed by atoms with E-state index < -0.39 is 16.6 Å². The predicted octanol–water partition coefficient (Wildman–Crippen LogP) is 6.04. The molecule has 152 valence electrons. The molecule has 5 heteroatoms. The van der Waals surface area contributed by atoms with Gasteiger partial charge in [-0.3, -0.25) is 0 Å². The van der Waals surface area contributed by atoms with Crippen molar-refractivity contribution in [2.45, 2.75) is 103 Å². The highest BCUT2D eigenvalue weighted by molar-refractivity contribution is 6.74. The molecule has 0 aromatic heterocycles. The second-order valence-corrected chi connectivity index (χ2v) is 20.4. The van der Waals surface area contributed by atoms with Crippen molar-refractivity contribution < 1.29 is 14.0 Å². The highest BCUT2D eigenvalue weighted by atomic mass is 28.4. The molecule has 0 saturated carbocycles. The van der Waals surface area contributed by atoms with Crippen molar-refractivity contribution in [3.05, 3.63) is 23.3 Å². The van der Waals surface area contributed by atoms with Crippen molar-refractivity contribution in [2.24, 2.45) is 0 Å². The average Bonchev–Trinajstić information content (AvgIpc) is 2.43. The molecule has 0 saturated heterocycles. The monoisotopic (exact) mass is 398 g/mol. The summed E-state index contributed by atoms with van der Waals surface area (Å²) in [5, 5.41) is 10.2.